The zero-order chi connectivity index (χ0) is 19.0. The molecule has 0 bridgehead atoms. The van der Waals surface area contributed by atoms with Crippen LogP contribution in [-0.2, 0) is 9.59 Å². The molecule has 0 unspecified atom stereocenters. The fraction of sp³-hybridized carbons (Fsp3) is 0.111. The van der Waals surface area contributed by atoms with Crippen molar-refractivity contribution < 1.29 is 14.5 Å². The minimum atomic E-state index is -0.623. The number of carbonyl (C=O) groups excluding carboxylic acids is 2. The van der Waals surface area contributed by atoms with Gasteiger partial charge in [0, 0.05) is 6.07 Å². The highest BCUT2D eigenvalue weighted by Gasteiger charge is 2.34. The second-order valence-corrected chi connectivity index (χ2v) is 6.28. The van der Waals surface area contributed by atoms with E-state index in [9.17, 15) is 19.7 Å². The summed E-state index contributed by atoms with van der Waals surface area (Å²) in [6.07, 6.45) is 1.31. The Morgan fingerprint density at radius 2 is 1.85 bits per heavy atom. The Kier molecular flexibility index (Phi) is 4.48. The summed E-state index contributed by atoms with van der Waals surface area (Å²) in [4.78, 5) is 35.2. The summed E-state index contributed by atoms with van der Waals surface area (Å²) in [5.41, 5.74) is 5.02. The summed E-state index contributed by atoms with van der Waals surface area (Å²) in [6.45, 7) is 3.85. The number of hydrazine groups is 1. The predicted octanol–water partition coefficient (Wildman–Crippen LogP) is 3.33. The zero-order valence-corrected chi connectivity index (χ0v) is 14.7. The van der Waals surface area contributed by atoms with Crippen LogP contribution in [0.15, 0.2) is 42.0 Å². The van der Waals surface area contributed by atoms with Crippen LogP contribution in [0.1, 0.15) is 16.7 Å². The van der Waals surface area contributed by atoms with Crippen LogP contribution in [0.5, 0.6) is 0 Å². The molecule has 1 aliphatic heterocycles. The molecule has 26 heavy (non-hydrogen) atoms. The van der Waals surface area contributed by atoms with Crippen molar-refractivity contribution in [3.8, 4) is 0 Å². The number of nitrogens with one attached hydrogen (secondary N) is 1. The lowest BCUT2D eigenvalue weighted by Gasteiger charge is -2.15. The number of nitro groups is 1. The number of aryl methyl sites for hydroxylation is 2. The molecular weight excluding hydrogens is 358 g/mol. The molecule has 1 saturated heterocycles. The number of amides is 2. The first-order chi connectivity index (χ1) is 12.3. The molecular formula is C18H14ClN3O4. The van der Waals surface area contributed by atoms with Crippen LogP contribution in [0.2, 0.25) is 5.02 Å². The van der Waals surface area contributed by atoms with Crippen LogP contribution in [0.25, 0.3) is 6.08 Å². The van der Waals surface area contributed by atoms with E-state index in [0.717, 1.165) is 16.1 Å². The smallest absolute Gasteiger partial charge is 0.267 e. The van der Waals surface area contributed by atoms with Crippen molar-refractivity contribution >= 4 is 40.9 Å². The normalized spacial score (nSPS) is 15.5. The fourth-order valence-corrected chi connectivity index (χ4v) is 2.72. The van der Waals surface area contributed by atoms with E-state index >= 15 is 0 Å². The second-order valence-electron chi connectivity index (χ2n) is 5.88. The van der Waals surface area contributed by atoms with Gasteiger partial charge >= 0.3 is 0 Å². The van der Waals surface area contributed by atoms with Crippen LogP contribution in [0.3, 0.4) is 0 Å². The Morgan fingerprint density at radius 3 is 2.50 bits per heavy atom. The Balaban J connectivity index is 1.96. The number of nitro benzene ring substituents is 1. The molecule has 0 atom stereocenters. The van der Waals surface area contributed by atoms with Crippen molar-refractivity contribution in [3.63, 3.8) is 0 Å². The molecule has 3 rings (SSSR count). The minimum absolute atomic E-state index is 0.0175. The maximum absolute atomic E-state index is 12.6. The van der Waals surface area contributed by atoms with E-state index in [1.165, 1.54) is 24.3 Å². The molecule has 132 valence electrons. The lowest BCUT2D eigenvalue weighted by atomic mass is 10.1. The van der Waals surface area contributed by atoms with E-state index in [2.05, 4.69) is 5.43 Å². The quantitative estimate of drug-likeness (QED) is 0.387. The third-order valence-corrected chi connectivity index (χ3v) is 4.44. The van der Waals surface area contributed by atoms with Gasteiger partial charge < -0.3 is 0 Å². The van der Waals surface area contributed by atoms with Crippen molar-refractivity contribution in [1.82, 2.24) is 5.43 Å². The number of hydrogen-bond donors (Lipinski definition) is 1. The number of rotatable bonds is 3. The minimum Gasteiger partial charge on any atom is -0.267 e. The van der Waals surface area contributed by atoms with Crippen LogP contribution >= 0.6 is 11.6 Å². The van der Waals surface area contributed by atoms with E-state index in [4.69, 9.17) is 11.6 Å². The first-order valence-electron chi connectivity index (χ1n) is 7.66. The molecule has 0 spiro atoms. The lowest BCUT2D eigenvalue weighted by molar-refractivity contribution is -0.384. The Bertz CT molecular complexity index is 984. The molecule has 0 aromatic heterocycles. The monoisotopic (exact) mass is 371 g/mol. The van der Waals surface area contributed by atoms with E-state index in [0.29, 0.717) is 11.3 Å². The molecule has 1 fully saturated rings. The first kappa shape index (κ1) is 17.6. The largest absolute Gasteiger partial charge is 0.288 e. The van der Waals surface area contributed by atoms with Gasteiger partial charge in [0.15, 0.2) is 0 Å². The van der Waals surface area contributed by atoms with E-state index in [-0.39, 0.29) is 16.3 Å². The summed E-state index contributed by atoms with van der Waals surface area (Å²) in [6, 6.07) is 9.45. The van der Waals surface area contributed by atoms with Gasteiger partial charge in [-0.2, -0.15) is 0 Å². The van der Waals surface area contributed by atoms with Gasteiger partial charge in [0.25, 0.3) is 17.5 Å². The molecule has 0 aliphatic carbocycles. The maximum atomic E-state index is 12.6. The van der Waals surface area contributed by atoms with Gasteiger partial charge in [-0.25, -0.2) is 5.01 Å². The molecule has 2 aromatic rings. The first-order valence-corrected chi connectivity index (χ1v) is 8.04. The standard InChI is InChI=1S/C18H14ClN3O4/c1-10-3-5-13(7-11(10)2)21-18(24)14(17(23)20-21)8-12-4-6-15(19)16(9-12)22(25)26/h3-9H,1-2H3,(H,20,23)/b14-8-. The molecule has 8 heteroatoms. The summed E-state index contributed by atoms with van der Waals surface area (Å²) >= 11 is 5.78. The van der Waals surface area contributed by atoms with Crippen molar-refractivity contribution in [2.24, 2.45) is 0 Å². The predicted molar refractivity (Wildman–Crippen MR) is 97.6 cm³/mol. The van der Waals surface area contributed by atoms with Gasteiger partial charge in [-0.1, -0.05) is 23.7 Å². The number of hydrogen-bond acceptors (Lipinski definition) is 4. The third-order valence-electron chi connectivity index (χ3n) is 4.12. The number of anilines is 1. The van der Waals surface area contributed by atoms with E-state index in [1.807, 2.05) is 19.9 Å². The number of carbonyl (C=O) groups is 2. The molecule has 1 N–H and O–H groups in total. The Labute approximate surface area is 154 Å². The van der Waals surface area contributed by atoms with Crippen LogP contribution in [0.4, 0.5) is 11.4 Å². The number of halogens is 1. The van der Waals surface area contributed by atoms with Crippen LogP contribution in [-0.4, -0.2) is 16.7 Å². The van der Waals surface area contributed by atoms with Gasteiger partial charge in [0.05, 0.1) is 10.6 Å². The van der Waals surface area contributed by atoms with Crippen LogP contribution in [0, 0.1) is 24.0 Å². The molecule has 2 amide bonds. The average molecular weight is 372 g/mol. The maximum Gasteiger partial charge on any atom is 0.288 e. The molecule has 2 aromatic carbocycles. The van der Waals surface area contributed by atoms with Gasteiger partial charge in [0.1, 0.15) is 10.6 Å². The van der Waals surface area contributed by atoms with Crippen LogP contribution < -0.4 is 10.4 Å². The molecule has 0 saturated carbocycles. The lowest BCUT2D eigenvalue weighted by Crippen LogP contribution is -2.35. The summed E-state index contributed by atoms with van der Waals surface area (Å²) in [7, 11) is 0. The van der Waals surface area contributed by atoms with Crippen molar-refractivity contribution in [3.05, 3.63) is 73.8 Å². The Hall–Kier alpha value is -3.19. The SMILES string of the molecule is Cc1ccc(N2NC(=O)/C(=C/c3ccc(Cl)c([N+](=O)[O-])c3)C2=O)cc1C. The summed E-state index contributed by atoms with van der Waals surface area (Å²) in [5, 5.41) is 12.1. The second kappa shape index (κ2) is 6.61. The topological polar surface area (TPSA) is 92.6 Å². The zero-order valence-electron chi connectivity index (χ0n) is 13.9. The van der Waals surface area contributed by atoms with E-state index in [1.54, 1.807) is 12.1 Å². The third kappa shape index (κ3) is 3.16. The summed E-state index contributed by atoms with van der Waals surface area (Å²) in [5.74, 6) is -1.11. The average Bonchev–Trinajstić information content (AvgIpc) is 2.87. The highest BCUT2D eigenvalue weighted by Crippen LogP contribution is 2.28. The fourth-order valence-electron chi connectivity index (χ4n) is 2.53. The highest BCUT2D eigenvalue weighted by molar-refractivity contribution is 6.33. The van der Waals surface area contributed by atoms with Gasteiger partial charge in [0.2, 0.25) is 0 Å². The number of nitrogens with zero attached hydrogens (tertiary/aromatic N) is 2. The summed E-state index contributed by atoms with van der Waals surface area (Å²) < 4.78 is 0. The van der Waals surface area contributed by atoms with E-state index < -0.39 is 16.7 Å². The van der Waals surface area contributed by atoms with Crippen molar-refractivity contribution in [1.29, 1.82) is 0 Å². The molecule has 1 heterocycles. The molecule has 7 nitrogen and oxygen atoms in total. The van der Waals surface area contributed by atoms with Gasteiger partial charge in [-0.05, 0) is 54.8 Å². The molecule has 1 aliphatic rings. The van der Waals surface area contributed by atoms with Gasteiger partial charge in [-0.15, -0.1) is 0 Å². The van der Waals surface area contributed by atoms with Crippen molar-refractivity contribution in [2.45, 2.75) is 13.8 Å². The number of benzene rings is 2. The van der Waals surface area contributed by atoms with Crippen molar-refractivity contribution in [2.75, 3.05) is 5.01 Å². The van der Waals surface area contributed by atoms with Gasteiger partial charge in [-0.3, -0.25) is 25.1 Å². The highest BCUT2D eigenvalue weighted by atomic mass is 35.5. The molecule has 0 radical (unpaired) electrons. The Morgan fingerprint density at radius 1 is 1.12 bits per heavy atom.